The molecule has 2 heteroatoms. The molecule has 2 bridgehead atoms. The second-order valence-corrected chi connectivity index (χ2v) is 7.15. The van der Waals surface area contributed by atoms with Crippen LogP contribution in [0.25, 0.3) is 0 Å². The Kier molecular flexibility index (Phi) is 2.76. The fourth-order valence-electron chi connectivity index (χ4n) is 5.02. The number of fused-ring (bicyclic) bond motifs is 4. The Hall–Kier alpha value is -0.530. The third kappa shape index (κ3) is 1.64. The molecule has 0 amide bonds. The van der Waals surface area contributed by atoms with Crippen molar-refractivity contribution >= 4 is 0 Å². The number of ether oxygens (including phenoxy) is 1. The van der Waals surface area contributed by atoms with E-state index in [0.29, 0.717) is 17.1 Å². The van der Waals surface area contributed by atoms with Crippen molar-refractivity contribution in [2.75, 3.05) is 6.67 Å². The summed E-state index contributed by atoms with van der Waals surface area (Å²) >= 11 is 0. The minimum Gasteiger partial charge on any atom is -0.489 e. The molecule has 4 unspecified atom stereocenters. The smallest absolute Gasteiger partial charge is 0.146 e. The lowest BCUT2D eigenvalue weighted by atomic mass is 9.63. The quantitative estimate of drug-likeness (QED) is 0.670. The van der Waals surface area contributed by atoms with Crippen LogP contribution >= 0.6 is 0 Å². The molecule has 3 saturated carbocycles. The van der Waals surface area contributed by atoms with Gasteiger partial charge in [-0.15, -0.1) is 0 Å². The SMILES string of the molecule is C=C(CF)OC12CCCC(C1)CC1(C(C)C)CC21. The molecule has 0 aromatic rings. The second-order valence-electron chi connectivity index (χ2n) is 7.15. The van der Waals surface area contributed by atoms with Crippen molar-refractivity contribution in [3.8, 4) is 0 Å². The zero-order chi connectivity index (χ0) is 13.0. The summed E-state index contributed by atoms with van der Waals surface area (Å²) in [7, 11) is 0. The Morgan fingerprint density at radius 3 is 2.83 bits per heavy atom. The number of alkyl halides is 1. The summed E-state index contributed by atoms with van der Waals surface area (Å²) in [4.78, 5) is 0. The summed E-state index contributed by atoms with van der Waals surface area (Å²) in [6, 6.07) is 0. The highest BCUT2D eigenvalue weighted by Gasteiger charge is 2.69. The van der Waals surface area contributed by atoms with Gasteiger partial charge in [0.15, 0.2) is 0 Å². The normalized spacial score (nSPS) is 45.6. The Labute approximate surface area is 110 Å². The summed E-state index contributed by atoms with van der Waals surface area (Å²) in [5.41, 5.74) is 0.439. The van der Waals surface area contributed by atoms with Gasteiger partial charge in [0.2, 0.25) is 0 Å². The molecule has 3 aliphatic carbocycles. The molecule has 4 atom stereocenters. The molecule has 3 rings (SSSR count). The van der Waals surface area contributed by atoms with Gasteiger partial charge in [-0.25, -0.2) is 4.39 Å². The van der Waals surface area contributed by atoms with E-state index in [0.717, 1.165) is 24.7 Å². The van der Waals surface area contributed by atoms with E-state index in [2.05, 4.69) is 20.4 Å². The third-order valence-electron chi connectivity index (χ3n) is 5.91. The lowest BCUT2D eigenvalue weighted by Crippen LogP contribution is -2.47. The largest absolute Gasteiger partial charge is 0.489 e. The van der Waals surface area contributed by atoms with Crippen LogP contribution in [0, 0.1) is 23.2 Å². The molecule has 102 valence electrons. The summed E-state index contributed by atoms with van der Waals surface area (Å²) in [5, 5.41) is 0. The maximum Gasteiger partial charge on any atom is 0.146 e. The number of rotatable bonds is 4. The predicted octanol–water partition coefficient (Wildman–Crippen LogP) is 4.48. The van der Waals surface area contributed by atoms with Crippen molar-refractivity contribution in [2.24, 2.45) is 23.2 Å². The van der Waals surface area contributed by atoms with Gasteiger partial charge in [0.1, 0.15) is 18.0 Å². The van der Waals surface area contributed by atoms with Crippen molar-refractivity contribution in [2.45, 2.75) is 58.0 Å². The number of allylic oxidation sites excluding steroid dienone is 1. The van der Waals surface area contributed by atoms with Crippen LogP contribution in [-0.2, 0) is 4.74 Å². The fraction of sp³-hybridized carbons (Fsp3) is 0.875. The molecule has 0 radical (unpaired) electrons. The average Bonchev–Trinajstić information content (AvgIpc) is 3.06. The number of hydrogen-bond acceptors (Lipinski definition) is 1. The van der Waals surface area contributed by atoms with E-state index < -0.39 is 6.67 Å². The molecular weight excluding hydrogens is 227 g/mol. The Balaban J connectivity index is 1.86. The lowest BCUT2D eigenvalue weighted by Gasteiger charge is -2.48. The van der Waals surface area contributed by atoms with E-state index in [9.17, 15) is 4.39 Å². The summed E-state index contributed by atoms with van der Waals surface area (Å²) < 4.78 is 18.8. The van der Waals surface area contributed by atoms with Crippen molar-refractivity contribution in [3.05, 3.63) is 12.3 Å². The van der Waals surface area contributed by atoms with Crippen molar-refractivity contribution in [3.63, 3.8) is 0 Å². The van der Waals surface area contributed by atoms with E-state index >= 15 is 0 Å². The zero-order valence-corrected chi connectivity index (χ0v) is 11.7. The van der Waals surface area contributed by atoms with Gasteiger partial charge >= 0.3 is 0 Å². The van der Waals surface area contributed by atoms with E-state index in [4.69, 9.17) is 4.74 Å². The molecule has 0 saturated heterocycles. The van der Waals surface area contributed by atoms with Gasteiger partial charge in [0.05, 0.1) is 0 Å². The van der Waals surface area contributed by atoms with Gasteiger partial charge in [-0.1, -0.05) is 26.8 Å². The van der Waals surface area contributed by atoms with Crippen LogP contribution in [0.1, 0.15) is 52.4 Å². The minimum absolute atomic E-state index is 0.0609. The van der Waals surface area contributed by atoms with E-state index in [1.807, 2.05) is 0 Å². The summed E-state index contributed by atoms with van der Waals surface area (Å²) in [6.07, 6.45) is 7.51. The van der Waals surface area contributed by atoms with Gasteiger partial charge in [0.25, 0.3) is 0 Å². The van der Waals surface area contributed by atoms with Crippen LogP contribution in [0.15, 0.2) is 12.3 Å². The molecule has 1 nitrogen and oxygen atoms in total. The molecule has 0 aliphatic heterocycles. The molecule has 3 aliphatic rings. The first-order valence-corrected chi connectivity index (χ1v) is 7.45. The van der Waals surface area contributed by atoms with Crippen LogP contribution < -0.4 is 0 Å². The minimum atomic E-state index is -0.534. The second kappa shape index (κ2) is 3.98. The van der Waals surface area contributed by atoms with E-state index in [1.165, 1.54) is 25.7 Å². The highest BCUT2D eigenvalue weighted by Crippen LogP contribution is 2.73. The Bertz CT molecular complexity index is 364. The molecule has 0 heterocycles. The zero-order valence-electron chi connectivity index (χ0n) is 11.7. The van der Waals surface area contributed by atoms with Crippen molar-refractivity contribution in [1.82, 2.24) is 0 Å². The molecule has 3 fully saturated rings. The van der Waals surface area contributed by atoms with Gasteiger partial charge in [-0.3, -0.25) is 0 Å². The van der Waals surface area contributed by atoms with Crippen LogP contribution in [0.3, 0.4) is 0 Å². The maximum atomic E-state index is 12.7. The van der Waals surface area contributed by atoms with Gasteiger partial charge in [0, 0.05) is 5.92 Å². The van der Waals surface area contributed by atoms with Gasteiger partial charge in [-0.2, -0.15) is 0 Å². The van der Waals surface area contributed by atoms with Crippen LogP contribution in [0.4, 0.5) is 4.39 Å². The summed E-state index contributed by atoms with van der Waals surface area (Å²) in [6.45, 7) is 7.89. The number of halogens is 1. The molecule has 0 aromatic heterocycles. The van der Waals surface area contributed by atoms with Crippen LogP contribution in [0.2, 0.25) is 0 Å². The van der Waals surface area contributed by atoms with Crippen molar-refractivity contribution in [1.29, 1.82) is 0 Å². The maximum absolute atomic E-state index is 12.7. The van der Waals surface area contributed by atoms with Crippen molar-refractivity contribution < 1.29 is 9.13 Å². The average molecular weight is 252 g/mol. The molecule has 0 aromatic carbocycles. The first-order chi connectivity index (χ1) is 8.52. The summed E-state index contributed by atoms with van der Waals surface area (Å²) in [5.74, 6) is 2.53. The van der Waals surface area contributed by atoms with Gasteiger partial charge < -0.3 is 4.74 Å². The third-order valence-corrected chi connectivity index (χ3v) is 5.91. The van der Waals surface area contributed by atoms with E-state index in [1.54, 1.807) is 0 Å². The highest BCUT2D eigenvalue weighted by molar-refractivity contribution is 5.19. The Morgan fingerprint density at radius 1 is 1.39 bits per heavy atom. The van der Waals surface area contributed by atoms with Gasteiger partial charge in [-0.05, 0) is 49.4 Å². The van der Waals surface area contributed by atoms with E-state index in [-0.39, 0.29) is 5.60 Å². The predicted molar refractivity (Wildman–Crippen MR) is 70.9 cm³/mol. The first-order valence-electron chi connectivity index (χ1n) is 7.45. The Morgan fingerprint density at radius 2 is 2.17 bits per heavy atom. The standard InChI is InChI=1S/C16H25FO/c1-11(2)15-7-13-5-4-6-16(8-13,14(15)9-15)18-12(3)10-17/h11,13-14H,3-10H2,1-2H3. The topological polar surface area (TPSA) is 9.23 Å². The number of hydrogen-bond donors (Lipinski definition) is 0. The van der Waals surface area contributed by atoms with Crippen LogP contribution in [-0.4, -0.2) is 12.3 Å². The molecule has 18 heavy (non-hydrogen) atoms. The first kappa shape index (κ1) is 12.5. The molecule has 0 N–H and O–H groups in total. The monoisotopic (exact) mass is 252 g/mol. The molecule has 0 spiro atoms. The fourth-order valence-corrected chi connectivity index (χ4v) is 5.02. The lowest BCUT2D eigenvalue weighted by molar-refractivity contribution is -0.104. The highest BCUT2D eigenvalue weighted by atomic mass is 19.1. The molecular formula is C16H25FO. The van der Waals surface area contributed by atoms with Crippen LogP contribution in [0.5, 0.6) is 0 Å².